The highest BCUT2D eigenvalue weighted by atomic mass is 15.1. The molecule has 1 atom stereocenters. The van der Waals surface area contributed by atoms with Gasteiger partial charge in [0.2, 0.25) is 0 Å². The first kappa shape index (κ1) is 34.4. The molecule has 0 saturated carbocycles. The third-order valence-corrected chi connectivity index (χ3v) is 12.1. The summed E-state index contributed by atoms with van der Waals surface area (Å²) in [4.78, 5) is 4.84. The van der Waals surface area contributed by atoms with Gasteiger partial charge in [-0.3, -0.25) is 4.57 Å². The maximum atomic E-state index is 4.84. The van der Waals surface area contributed by atoms with Crippen molar-refractivity contribution in [2.75, 3.05) is 0 Å². The van der Waals surface area contributed by atoms with Crippen molar-refractivity contribution in [1.29, 1.82) is 0 Å². The van der Waals surface area contributed by atoms with Crippen LogP contribution in [0.5, 0.6) is 0 Å². The largest absolute Gasteiger partial charge is 0.314 e. The molecule has 0 fully saturated rings. The molecule has 0 bridgehead atoms. The Hall–Kier alpha value is -5.41. The van der Waals surface area contributed by atoms with Crippen LogP contribution in [-0.2, 0) is 44.9 Å². The zero-order valence-corrected chi connectivity index (χ0v) is 32.1. The maximum absolute atomic E-state index is 4.84. The summed E-state index contributed by atoms with van der Waals surface area (Å²) in [7, 11) is 0. The normalized spacial score (nSPS) is 16.1. The van der Waals surface area contributed by atoms with E-state index < -0.39 is 0 Å². The lowest BCUT2D eigenvalue weighted by atomic mass is 9.86. The summed E-state index contributed by atoms with van der Waals surface area (Å²) < 4.78 is 4.92. The highest BCUT2D eigenvalue weighted by molar-refractivity contribution is 5.71. The minimum Gasteiger partial charge on any atom is -0.314 e. The minimum absolute atomic E-state index is 0.754. The van der Waals surface area contributed by atoms with Gasteiger partial charge in [-0.1, -0.05) is 98.8 Å². The Labute approximate surface area is 321 Å². The van der Waals surface area contributed by atoms with Gasteiger partial charge in [-0.2, -0.15) is 0 Å². The fraction of sp³-hybridized carbons (Fsp3) is 0.275. The number of benzene rings is 4. The Balaban J connectivity index is 0.862. The SMILES string of the molecule is C/C=N\c1c(CC)c2c(n1-c1ccc(Cc3ccc(-c4ccc(Cc5ccc(-n6c7c(c8c6CC(C)CC8)CCC=C7)cc5)cc4)cc3)cc1)C=CCC2. The van der Waals surface area contributed by atoms with E-state index in [0.29, 0.717) is 0 Å². The van der Waals surface area contributed by atoms with Gasteiger partial charge in [0, 0.05) is 34.5 Å². The van der Waals surface area contributed by atoms with E-state index in [1.807, 2.05) is 13.1 Å². The first-order valence-corrected chi connectivity index (χ1v) is 20.3. The molecular weight excluding hydrogens is 655 g/mol. The van der Waals surface area contributed by atoms with Gasteiger partial charge in [0.05, 0.1) is 5.69 Å². The van der Waals surface area contributed by atoms with E-state index in [9.17, 15) is 0 Å². The molecule has 0 aliphatic heterocycles. The Morgan fingerprint density at radius 2 is 1.11 bits per heavy atom. The van der Waals surface area contributed by atoms with Crippen LogP contribution >= 0.6 is 0 Å². The van der Waals surface area contributed by atoms with E-state index in [-0.39, 0.29) is 0 Å². The summed E-state index contributed by atoms with van der Waals surface area (Å²) >= 11 is 0. The molecule has 0 spiro atoms. The summed E-state index contributed by atoms with van der Waals surface area (Å²) in [6, 6.07) is 36.7. The van der Waals surface area contributed by atoms with Crippen LogP contribution in [0, 0.1) is 5.92 Å². The van der Waals surface area contributed by atoms with Crippen molar-refractivity contribution in [2.45, 2.75) is 85.0 Å². The Morgan fingerprint density at radius 3 is 1.65 bits per heavy atom. The summed E-state index contributed by atoms with van der Waals surface area (Å²) in [5, 5.41) is 0. The lowest BCUT2D eigenvalue weighted by Gasteiger charge is -2.22. The third-order valence-electron chi connectivity index (χ3n) is 12.1. The number of fused-ring (bicyclic) bond motifs is 4. The summed E-state index contributed by atoms with van der Waals surface area (Å²) in [6.07, 6.45) is 22.4. The molecule has 2 aromatic heterocycles. The van der Waals surface area contributed by atoms with Gasteiger partial charge in [0.25, 0.3) is 0 Å². The topological polar surface area (TPSA) is 22.2 Å². The van der Waals surface area contributed by atoms with Crippen molar-refractivity contribution in [2.24, 2.45) is 10.9 Å². The number of nitrogens with zero attached hydrogens (tertiary/aromatic N) is 3. The molecule has 2 heterocycles. The van der Waals surface area contributed by atoms with Gasteiger partial charge >= 0.3 is 0 Å². The maximum Gasteiger partial charge on any atom is 0.140 e. The molecule has 3 aliphatic rings. The van der Waals surface area contributed by atoms with Crippen LogP contribution < -0.4 is 0 Å². The monoisotopic (exact) mass is 705 g/mol. The number of hydrogen-bond donors (Lipinski definition) is 0. The van der Waals surface area contributed by atoms with Crippen LogP contribution in [0.25, 0.3) is 34.7 Å². The molecule has 3 aliphatic carbocycles. The van der Waals surface area contributed by atoms with Crippen LogP contribution in [-0.4, -0.2) is 15.3 Å². The van der Waals surface area contributed by atoms with Crippen molar-refractivity contribution in [3.8, 4) is 22.5 Å². The highest BCUT2D eigenvalue weighted by Gasteiger charge is 2.28. The molecule has 6 aromatic rings. The number of hydrogen-bond acceptors (Lipinski definition) is 1. The highest BCUT2D eigenvalue weighted by Crippen LogP contribution is 2.39. The molecule has 270 valence electrons. The standard InChI is InChI=1S/C51H51N3/c1-4-44-45-10-6-9-13-49(45)54(51(44)52-5-2)43-29-21-39(22-30-43)34-37-17-25-41(26-18-37)40-23-15-36(16-24-40)33-38-19-27-42(28-20-38)53-48-12-8-7-11-46(48)47-31-14-35(3)32-50(47)53/h5,8-9,12-13,15-30,35H,4,6-7,10-11,14,31-34H2,1-3H3/b52-5-. The van der Waals surface area contributed by atoms with Gasteiger partial charge in [0.1, 0.15) is 5.82 Å². The van der Waals surface area contributed by atoms with E-state index in [4.69, 9.17) is 4.99 Å². The summed E-state index contributed by atoms with van der Waals surface area (Å²) in [5.41, 5.74) is 20.7. The number of aliphatic imine (C=N–C) groups is 1. The molecule has 0 amide bonds. The van der Waals surface area contributed by atoms with Crippen LogP contribution in [0.3, 0.4) is 0 Å². The predicted molar refractivity (Wildman–Crippen MR) is 228 cm³/mol. The fourth-order valence-corrected chi connectivity index (χ4v) is 9.32. The van der Waals surface area contributed by atoms with Crippen LogP contribution in [0.15, 0.2) is 114 Å². The van der Waals surface area contributed by atoms with E-state index in [1.54, 1.807) is 16.8 Å². The lowest BCUT2D eigenvalue weighted by molar-refractivity contribution is 0.489. The van der Waals surface area contributed by atoms with Gasteiger partial charge in [0.15, 0.2) is 0 Å². The predicted octanol–water partition coefficient (Wildman–Crippen LogP) is 12.4. The lowest BCUT2D eigenvalue weighted by Crippen LogP contribution is -2.14. The van der Waals surface area contributed by atoms with Crippen LogP contribution in [0.2, 0.25) is 0 Å². The van der Waals surface area contributed by atoms with E-state index in [1.165, 1.54) is 99.4 Å². The Kier molecular flexibility index (Phi) is 9.41. The van der Waals surface area contributed by atoms with Gasteiger partial charge in [-0.05, 0) is 164 Å². The smallest absolute Gasteiger partial charge is 0.140 e. The molecule has 3 nitrogen and oxygen atoms in total. The van der Waals surface area contributed by atoms with Crippen molar-refractivity contribution < 1.29 is 0 Å². The molecule has 1 unspecified atom stereocenters. The first-order chi connectivity index (χ1) is 26.6. The molecule has 54 heavy (non-hydrogen) atoms. The average Bonchev–Trinajstić information content (AvgIpc) is 3.71. The van der Waals surface area contributed by atoms with Crippen molar-refractivity contribution in [3.63, 3.8) is 0 Å². The van der Waals surface area contributed by atoms with Gasteiger partial charge < -0.3 is 4.57 Å². The Morgan fingerprint density at radius 1 is 0.611 bits per heavy atom. The molecule has 0 saturated heterocycles. The van der Waals surface area contributed by atoms with Crippen molar-refractivity contribution in [3.05, 3.63) is 171 Å². The van der Waals surface area contributed by atoms with Gasteiger partial charge in [-0.25, -0.2) is 4.99 Å². The third kappa shape index (κ3) is 6.44. The number of rotatable bonds is 9. The second-order valence-electron chi connectivity index (χ2n) is 15.7. The second-order valence-corrected chi connectivity index (χ2v) is 15.7. The summed E-state index contributed by atoms with van der Waals surface area (Å²) in [6.45, 7) is 6.66. The molecule has 3 heteroatoms. The number of aromatic nitrogens is 2. The minimum atomic E-state index is 0.754. The van der Waals surface area contributed by atoms with Crippen LogP contribution in [0.4, 0.5) is 5.82 Å². The van der Waals surface area contributed by atoms with E-state index >= 15 is 0 Å². The van der Waals surface area contributed by atoms with Crippen LogP contribution in [0.1, 0.15) is 102 Å². The van der Waals surface area contributed by atoms with E-state index in [0.717, 1.165) is 43.8 Å². The van der Waals surface area contributed by atoms with E-state index in [2.05, 4.69) is 144 Å². The fourth-order valence-electron chi connectivity index (χ4n) is 9.32. The Bertz CT molecular complexity index is 2370. The quantitative estimate of drug-likeness (QED) is 0.134. The van der Waals surface area contributed by atoms with Crippen molar-refractivity contribution in [1.82, 2.24) is 9.13 Å². The molecular formula is C51H51N3. The number of allylic oxidation sites excluding steroid dienone is 2. The first-order valence-electron chi connectivity index (χ1n) is 20.3. The molecule has 9 rings (SSSR count). The molecule has 4 aromatic carbocycles. The zero-order chi connectivity index (χ0) is 36.6. The average molecular weight is 706 g/mol. The van der Waals surface area contributed by atoms with Crippen molar-refractivity contribution >= 4 is 24.2 Å². The molecule has 0 N–H and O–H groups in total. The second kappa shape index (κ2) is 14.8. The van der Waals surface area contributed by atoms with Gasteiger partial charge in [-0.15, -0.1) is 0 Å². The molecule has 0 radical (unpaired) electrons. The summed E-state index contributed by atoms with van der Waals surface area (Å²) in [5.74, 6) is 1.84. The zero-order valence-electron chi connectivity index (χ0n) is 32.1.